The Kier molecular flexibility index (Phi) is 16.1. The zero-order chi connectivity index (χ0) is 27.0. The van der Waals surface area contributed by atoms with Gasteiger partial charge in [-0.05, 0) is 50.7 Å². The summed E-state index contributed by atoms with van der Waals surface area (Å²) in [5.41, 5.74) is 21.3. The van der Waals surface area contributed by atoms with Crippen molar-refractivity contribution in [1.82, 2.24) is 16.0 Å². The van der Waals surface area contributed by atoms with Gasteiger partial charge in [-0.2, -0.15) is 11.8 Å². The molecule has 0 saturated carbocycles. The number of nitrogens with two attached hydrogens (primary N) is 4. The molecule has 0 aliphatic heterocycles. The standard InChI is InChI=1S/C20H37N7O7S/c1-35-9-7-13(25-17(30)11(22)10-16(24)29)19(32)26-12(5-6-15(23)28)18(31)27-14(20(33)34)4-2-3-8-21/h11-14H,2-10,21-22H2,1H3,(H2,23,28)(H2,24,29)(H,25,30)(H,26,32)(H,27,31)(H,33,34). The average molecular weight is 520 g/mol. The second-order valence-electron chi connectivity index (χ2n) is 7.87. The normalized spacial score (nSPS) is 14.1. The van der Waals surface area contributed by atoms with Crippen molar-refractivity contribution in [3.63, 3.8) is 0 Å². The molecule has 5 amide bonds. The highest BCUT2D eigenvalue weighted by Gasteiger charge is 2.30. The minimum atomic E-state index is -1.29. The number of carbonyl (C=O) groups excluding carboxylic acids is 5. The third-order valence-corrected chi connectivity index (χ3v) is 5.52. The van der Waals surface area contributed by atoms with E-state index < -0.39 is 66.1 Å². The van der Waals surface area contributed by atoms with Gasteiger partial charge in [0.1, 0.15) is 18.1 Å². The summed E-state index contributed by atoms with van der Waals surface area (Å²) >= 11 is 1.40. The van der Waals surface area contributed by atoms with Crippen LogP contribution in [0.15, 0.2) is 0 Å². The van der Waals surface area contributed by atoms with E-state index >= 15 is 0 Å². The highest BCUT2D eigenvalue weighted by atomic mass is 32.2. The van der Waals surface area contributed by atoms with Crippen LogP contribution in [0.2, 0.25) is 0 Å². The Morgan fingerprint density at radius 3 is 1.83 bits per heavy atom. The van der Waals surface area contributed by atoms with Gasteiger partial charge in [-0.1, -0.05) is 0 Å². The number of primary amides is 2. The van der Waals surface area contributed by atoms with E-state index in [-0.39, 0.29) is 25.7 Å². The zero-order valence-corrected chi connectivity index (χ0v) is 20.6. The highest BCUT2D eigenvalue weighted by molar-refractivity contribution is 7.98. The summed E-state index contributed by atoms with van der Waals surface area (Å²) in [7, 11) is 0. The van der Waals surface area contributed by atoms with Gasteiger partial charge in [0.2, 0.25) is 29.5 Å². The minimum Gasteiger partial charge on any atom is -0.480 e. The molecule has 0 saturated heterocycles. The molecular weight excluding hydrogens is 482 g/mol. The zero-order valence-electron chi connectivity index (χ0n) is 19.8. The summed E-state index contributed by atoms with van der Waals surface area (Å²) in [5.74, 6) is -4.67. The molecule has 4 atom stereocenters. The number of carboxylic acid groups (broad SMARTS) is 1. The fourth-order valence-electron chi connectivity index (χ4n) is 2.94. The van der Waals surface area contributed by atoms with Crippen LogP contribution in [0.3, 0.4) is 0 Å². The summed E-state index contributed by atoms with van der Waals surface area (Å²) in [6.45, 7) is 0.365. The second kappa shape index (κ2) is 17.5. The quantitative estimate of drug-likeness (QED) is 0.0795. The molecule has 15 heteroatoms. The molecule has 0 aromatic heterocycles. The predicted octanol–water partition coefficient (Wildman–Crippen LogP) is -3.12. The average Bonchev–Trinajstić information content (AvgIpc) is 2.77. The molecule has 12 N–H and O–H groups in total. The number of hydrogen-bond donors (Lipinski definition) is 8. The molecule has 4 unspecified atom stereocenters. The molecule has 0 heterocycles. The Balaban J connectivity index is 5.50. The van der Waals surface area contributed by atoms with Crippen molar-refractivity contribution in [1.29, 1.82) is 0 Å². The van der Waals surface area contributed by atoms with Crippen molar-refractivity contribution in [3.8, 4) is 0 Å². The fraction of sp³-hybridized carbons (Fsp3) is 0.700. The molecule has 0 bridgehead atoms. The molecule has 35 heavy (non-hydrogen) atoms. The van der Waals surface area contributed by atoms with Crippen LogP contribution in [-0.4, -0.2) is 83.3 Å². The maximum atomic E-state index is 12.9. The Bertz CT molecular complexity index is 753. The molecule has 0 rings (SSSR count). The number of amides is 5. The monoisotopic (exact) mass is 519 g/mol. The van der Waals surface area contributed by atoms with Gasteiger partial charge in [0.25, 0.3) is 0 Å². The predicted molar refractivity (Wildman–Crippen MR) is 130 cm³/mol. The number of thioether (sulfide) groups is 1. The lowest BCUT2D eigenvalue weighted by Crippen LogP contribution is -2.57. The van der Waals surface area contributed by atoms with Crippen molar-refractivity contribution in [3.05, 3.63) is 0 Å². The smallest absolute Gasteiger partial charge is 0.326 e. The van der Waals surface area contributed by atoms with E-state index in [1.54, 1.807) is 6.26 Å². The number of aliphatic carboxylic acids is 1. The number of nitrogens with one attached hydrogen (secondary N) is 3. The summed E-state index contributed by atoms with van der Waals surface area (Å²) in [5, 5.41) is 16.6. The van der Waals surface area contributed by atoms with E-state index in [1.165, 1.54) is 11.8 Å². The number of carbonyl (C=O) groups is 6. The summed E-state index contributed by atoms with van der Waals surface area (Å²) in [6.07, 6.45) is 2.24. The van der Waals surface area contributed by atoms with Crippen molar-refractivity contribution < 1.29 is 33.9 Å². The van der Waals surface area contributed by atoms with Crippen LogP contribution in [0.25, 0.3) is 0 Å². The van der Waals surface area contributed by atoms with Crippen molar-refractivity contribution in [2.75, 3.05) is 18.6 Å². The molecule has 200 valence electrons. The molecule has 14 nitrogen and oxygen atoms in total. The first-order valence-electron chi connectivity index (χ1n) is 11.1. The van der Waals surface area contributed by atoms with Gasteiger partial charge < -0.3 is 44.0 Å². The molecular formula is C20H37N7O7S. The highest BCUT2D eigenvalue weighted by Crippen LogP contribution is 2.07. The first-order chi connectivity index (χ1) is 16.4. The lowest BCUT2D eigenvalue weighted by molar-refractivity contribution is -0.142. The van der Waals surface area contributed by atoms with Crippen molar-refractivity contribution in [2.24, 2.45) is 22.9 Å². The Labute approximate surface area is 208 Å². The van der Waals surface area contributed by atoms with E-state index in [1.807, 2.05) is 0 Å². The molecule has 0 aliphatic rings. The topological polar surface area (TPSA) is 263 Å². The Morgan fingerprint density at radius 2 is 1.34 bits per heavy atom. The second-order valence-corrected chi connectivity index (χ2v) is 8.86. The molecule has 0 fully saturated rings. The maximum Gasteiger partial charge on any atom is 0.326 e. The maximum absolute atomic E-state index is 12.9. The minimum absolute atomic E-state index is 0.124. The van der Waals surface area contributed by atoms with Gasteiger partial charge in [0.05, 0.1) is 12.5 Å². The van der Waals surface area contributed by atoms with Crippen LogP contribution in [0, 0.1) is 0 Å². The van der Waals surface area contributed by atoms with Gasteiger partial charge >= 0.3 is 5.97 Å². The first-order valence-corrected chi connectivity index (χ1v) is 12.5. The summed E-state index contributed by atoms with van der Waals surface area (Å²) in [4.78, 5) is 71.8. The van der Waals surface area contributed by atoms with Gasteiger partial charge in [0, 0.05) is 6.42 Å². The van der Waals surface area contributed by atoms with E-state index in [4.69, 9.17) is 22.9 Å². The van der Waals surface area contributed by atoms with Crippen molar-refractivity contribution >= 4 is 47.3 Å². The number of unbranched alkanes of at least 4 members (excludes halogenated alkanes) is 1. The van der Waals surface area contributed by atoms with Crippen LogP contribution in [0.4, 0.5) is 0 Å². The van der Waals surface area contributed by atoms with Crippen LogP contribution < -0.4 is 38.9 Å². The van der Waals surface area contributed by atoms with Gasteiger partial charge in [-0.25, -0.2) is 4.79 Å². The van der Waals surface area contributed by atoms with E-state index in [0.29, 0.717) is 25.1 Å². The van der Waals surface area contributed by atoms with Crippen LogP contribution in [0.5, 0.6) is 0 Å². The third-order valence-electron chi connectivity index (χ3n) is 4.88. The van der Waals surface area contributed by atoms with Gasteiger partial charge in [0.15, 0.2) is 0 Å². The molecule has 0 aromatic carbocycles. The lowest BCUT2D eigenvalue weighted by atomic mass is 10.1. The summed E-state index contributed by atoms with van der Waals surface area (Å²) < 4.78 is 0. The molecule has 0 aliphatic carbocycles. The van der Waals surface area contributed by atoms with E-state index in [0.717, 1.165) is 0 Å². The van der Waals surface area contributed by atoms with Crippen LogP contribution >= 0.6 is 11.8 Å². The van der Waals surface area contributed by atoms with E-state index in [9.17, 15) is 33.9 Å². The number of carboxylic acids is 1. The summed E-state index contributed by atoms with van der Waals surface area (Å²) in [6, 6.07) is -4.89. The Hall–Kier alpha value is -2.91. The first kappa shape index (κ1) is 32.1. The van der Waals surface area contributed by atoms with E-state index in [2.05, 4.69) is 16.0 Å². The number of rotatable bonds is 19. The van der Waals surface area contributed by atoms with Crippen LogP contribution in [-0.2, 0) is 28.8 Å². The van der Waals surface area contributed by atoms with Crippen molar-refractivity contribution in [2.45, 2.75) is 69.1 Å². The number of hydrogen-bond acceptors (Lipinski definition) is 9. The SMILES string of the molecule is CSCCC(NC(=O)C(N)CC(N)=O)C(=O)NC(CCC(N)=O)C(=O)NC(CCCCN)C(=O)O. The van der Waals surface area contributed by atoms with Crippen LogP contribution in [0.1, 0.15) is 44.9 Å². The van der Waals surface area contributed by atoms with Gasteiger partial charge in [-0.15, -0.1) is 0 Å². The Morgan fingerprint density at radius 1 is 0.800 bits per heavy atom. The molecule has 0 radical (unpaired) electrons. The fourth-order valence-corrected chi connectivity index (χ4v) is 3.41. The lowest BCUT2D eigenvalue weighted by Gasteiger charge is -2.25. The molecule has 0 aromatic rings. The third kappa shape index (κ3) is 14.2. The molecule has 0 spiro atoms. The largest absolute Gasteiger partial charge is 0.480 e. The van der Waals surface area contributed by atoms with Gasteiger partial charge in [-0.3, -0.25) is 24.0 Å².